The highest BCUT2D eigenvalue weighted by molar-refractivity contribution is 8.00. The molecule has 0 atom stereocenters. The Hall–Kier alpha value is -1.90. The maximum Gasteiger partial charge on any atom is 0.243 e. The Kier molecular flexibility index (Phi) is 5.94. The zero-order valence-electron chi connectivity index (χ0n) is 16.0. The van der Waals surface area contributed by atoms with Crippen molar-refractivity contribution in [1.29, 1.82) is 0 Å². The van der Waals surface area contributed by atoms with Crippen LogP contribution in [0.15, 0.2) is 52.3 Å². The monoisotopic (exact) mass is 434 g/mol. The first-order valence-electron chi connectivity index (χ1n) is 9.77. The summed E-state index contributed by atoms with van der Waals surface area (Å²) >= 11 is 1.37. The molecule has 0 radical (unpaired) electrons. The van der Waals surface area contributed by atoms with Gasteiger partial charge in [-0.15, -0.1) is 11.8 Å². The minimum absolute atomic E-state index is 0.0320. The van der Waals surface area contributed by atoms with Gasteiger partial charge >= 0.3 is 0 Å². The van der Waals surface area contributed by atoms with Crippen molar-refractivity contribution in [1.82, 2.24) is 4.31 Å². The molecule has 0 aromatic heterocycles. The topological polar surface area (TPSA) is 57.7 Å². The van der Waals surface area contributed by atoms with Crippen LogP contribution >= 0.6 is 11.8 Å². The van der Waals surface area contributed by atoms with Crippen molar-refractivity contribution >= 4 is 33.4 Å². The molecule has 5 nitrogen and oxygen atoms in total. The summed E-state index contributed by atoms with van der Waals surface area (Å²) in [5.41, 5.74) is 1.69. The fourth-order valence-corrected chi connectivity index (χ4v) is 6.17. The second-order valence-electron chi connectivity index (χ2n) is 7.29. The summed E-state index contributed by atoms with van der Waals surface area (Å²) in [4.78, 5) is 15.7. The van der Waals surface area contributed by atoms with E-state index in [1.807, 2.05) is 0 Å². The molecule has 4 rings (SSSR count). The van der Waals surface area contributed by atoms with Crippen molar-refractivity contribution in [3.05, 3.63) is 53.8 Å². The zero-order valence-corrected chi connectivity index (χ0v) is 17.6. The number of sulfonamides is 1. The summed E-state index contributed by atoms with van der Waals surface area (Å²) in [5.74, 6) is -0.0837. The first-order chi connectivity index (χ1) is 13.9. The number of thioether (sulfide) groups is 1. The molecule has 2 aromatic carbocycles. The Morgan fingerprint density at radius 3 is 2.45 bits per heavy atom. The van der Waals surface area contributed by atoms with Gasteiger partial charge in [-0.25, -0.2) is 12.8 Å². The highest BCUT2D eigenvalue weighted by atomic mass is 32.2. The Morgan fingerprint density at radius 2 is 1.72 bits per heavy atom. The third kappa shape index (κ3) is 4.34. The molecule has 0 bridgehead atoms. The number of fused-ring (bicyclic) bond motifs is 1. The van der Waals surface area contributed by atoms with Gasteiger partial charge in [0.2, 0.25) is 15.9 Å². The minimum Gasteiger partial charge on any atom is -0.311 e. The average Bonchev–Trinajstić information content (AvgIpc) is 3.28. The Morgan fingerprint density at radius 1 is 1.00 bits per heavy atom. The molecule has 2 heterocycles. The number of halogens is 1. The largest absolute Gasteiger partial charge is 0.311 e. The molecular formula is C21H23FN2O3S2. The molecule has 1 amide bonds. The fraction of sp³-hybridized carbons (Fsp3) is 0.381. The standard InChI is InChI=1S/C21H23FN2O3S2/c22-17-5-7-18(8-6-17)28-15-21(25)24-13-3-4-16-14-19(9-10-20(16)24)29(26,27)23-11-1-2-12-23/h5-10,14H,1-4,11-13,15H2. The molecule has 154 valence electrons. The van der Waals surface area contributed by atoms with Crippen molar-refractivity contribution in [2.75, 3.05) is 30.3 Å². The van der Waals surface area contributed by atoms with Gasteiger partial charge in [0.15, 0.2) is 0 Å². The summed E-state index contributed by atoms with van der Waals surface area (Å²) in [5, 5.41) is 0. The maximum absolute atomic E-state index is 13.0. The van der Waals surface area contributed by atoms with Crippen molar-refractivity contribution in [3.8, 4) is 0 Å². The number of benzene rings is 2. The fourth-order valence-electron chi connectivity index (χ4n) is 3.82. The maximum atomic E-state index is 13.0. The first-order valence-corrected chi connectivity index (χ1v) is 12.2. The van der Waals surface area contributed by atoms with Crippen LogP contribution < -0.4 is 4.90 Å². The molecule has 29 heavy (non-hydrogen) atoms. The van der Waals surface area contributed by atoms with Crippen LogP contribution in [0.1, 0.15) is 24.8 Å². The smallest absolute Gasteiger partial charge is 0.243 e. The van der Waals surface area contributed by atoms with E-state index in [2.05, 4.69) is 0 Å². The van der Waals surface area contributed by atoms with E-state index in [9.17, 15) is 17.6 Å². The number of rotatable bonds is 5. The van der Waals surface area contributed by atoms with Crippen LogP contribution in [-0.4, -0.2) is 44.0 Å². The van der Waals surface area contributed by atoms with E-state index in [1.54, 1.807) is 39.5 Å². The van der Waals surface area contributed by atoms with E-state index in [1.165, 1.54) is 23.9 Å². The van der Waals surface area contributed by atoms with E-state index >= 15 is 0 Å². The van der Waals surface area contributed by atoms with Gasteiger partial charge in [-0.1, -0.05) is 0 Å². The van der Waals surface area contributed by atoms with Gasteiger partial charge < -0.3 is 4.90 Å². The van der Waals surface area contributed by atoms with E-state index < -0.39 is 10.0 Å². The summed E-state index contributed by atoms with van der Waals surface area (Å²) < 4.78 is 40.2. The quantitative estimate of drug-likeness (QED) is 0.674. The summed E-state index contributed by atoms with van der Waals surface area (Å²) in [6.07, 6.45) is 3.36. The molecule has 2 aromatic rings. The lowest BCUT2D eigenvalue weighted by molar-refractivity contribution is -0.116. The van der Waals surface area contributed by atoms with Gasteiger partial charge in [0.1, 0.15) is 5.82 Å². The number of nitrogens with zero attached hydrogens (tertiary/aromatic N) is 2. The molecule has 2 aliphatic heterocycles. The number of carbonyl (C=O) groups excluding carboxylic acids is 1. The van der Waals surface area contributed by atoms with Crippen molar-refractivity contribution in [2.45, 2.75) is 35.5 Å². The second kappa shape index (κ2) is 8.45. The molecule has 0 spiro atoms. The number of anilines is 1. The number of aryl methyl sites for hydroxylation is 1. The van der Waals surface area contributed by atoms with Crippen LogP contribution in [0.4, 0.5) is 10.1 Å². The van der Waals surface area contributed by atoms with Crippen molar-refractivity contribution in [3.63, 3.8) is 0 Å². The lowest BCUT2D eigenvalue weighted by atomic mass is 10.0. The predicted molar refractivity (Wildman–Crippen MR) is 112 cm³/mol. The molecule has 2 aliphatic rings. The van der Waals surface area contributed by atoms with Gasteiger partial charge in [-0.2, -0.15) is 4.31 Å². The van der Waals surface area contributed by atoms with Gasteiger partial charge in [0.05, 0.1) is 10.6 Å². The molecule has 1 fully saturated rings. The Labute approximate surface area is 174 Å². The number of hydrogen-bond acceptors (Lipinski definition) is 4. The third-order valence-electron chi connectivity index (χ3n) is 5.35. The number of hydrogen-bond donors (Lipinski definition) is 0. The van der Waals surface area contributed by atoms with Crippen LogP contribution in [0.5, 0.6) is 0 Å². The average molecular weight is 435 g/mol. The summed E-state index contributed by atoms with van der Waals surface area (Å²) in [6, 6.07) is 11.2. The second-order valence-corrected chi connectivity index (χ2v) is 10.3. The molecule has 0 unspecified atom stereocenters. The molecular weight excluding hydrogens is 411 g/mol. The Balaban J connectivity index is 1.50. The number of amides is 1. The molecule has 0 saturated carbocycles. The molecule has 8 heteroatoms. The predicted octanol–water partition coefficient (Wildman–Crippen LogP) is 3.68. The van der Waals surface area contributed by atoms with Gasteiger partial charge in [-0.3, -0.25) is 4.79 Å². The summed E-state index contributed by atoms with van der Waals surface area (Å²) in [6.45, 7) is 1.77. The first kappa shape index (κ1) is 20.4. The highest BCUT2D eigenvalue weighted by Gasteiger charge is 2.29. The molecule has 0 aliphatic carbocycles. The van der Waals surface area contributed by atoms with Crippen LogP contribution in [0.25, 0.3) is 0 Å². The van der Waals surface area contributed by atoms with Gasteiger partial charge in [-0.05, 0) is 73.7 Å². The van der Waals surface area contributed by atoms with E-state index in [0.717, 1.165) is 41.8 Å². The van der Waals surface area contributed by atoms with Gasteiger partial charge in [0, 0.05) is 30.2 Å². The highest BCUT2D eigenvalue weighted by Crippen LogP contribution is 2.32. The van der Waals surface area contributed by atoms with Crippen molar-refractivity contribution < 1.29 is 17.6 Å². The molecule has 0 N–H and O–H groups in total. The SMILES string of the molecule is O=C(CSc1ccc(F)cc1)N1CCCc2cc(S(=O)(=O)N3CCCC3)ccc21. The van der Waals surface area contributed by atoms with E-state index in [4.69, 9.17) is 0 Å². The third-order valence-corrected chi connectivity index (χ3v) is 8.24. The van der Waals surface area contributed by atoms with Crippen LogP contribution in [0, 0.1) is 5.82 Å². The van der Waals surface area contributed by atoms with Crippen molar-refractivity contribution in [2.24, 2.45) is 0 Å². The van der Waals surface area contributed by atoms with Gasteiger partial charge in [0.25, 0.3) is 0 Å². The zero-order chi connectivity index (χ0) is 20.4. The van der Waals surface area contributed by atoms with Crippen LogP contribution in [0.2, 0.25) is 0 Å². The lowest BCUT2D eigenvalue weighted by Gasteiger charge is -2.30. The normalized spacial score (nSPS) is 17.3. The minimum atomic E-state index is -3.46. The van der Waals surface area contributed by atoms with E-state index in [-0.39, 0.29) is 17.5 Å². The number of carbonyl (C=O) groups is 1. The lowest BCUT2D eigenvalue weighted by Crippen LogP contribution is -2.37. The van der Waals surface area contributed by atoms with Crippen LogP contribution in [0.3, 0.4) is 0 Å². The van der Waals surface area contributed by atoms with Crippen LogP contribution in [-0.2, 0) is 21.2 Å². The molecule has 1 saturated heterocycles. The Bertz CT molecular complexity index is 1000. The van der Waals surface area contributed by atoms with E-state index in [0.29, 0.717) is 24.5 Å². The summed E-state index contributed by atoms with van der Waals surface area (Å²) in [7, 11) is -3.46.